The van der Waals surface area contributed by atoms with Crippen molar-refractivity contribution in [1.29, 1.82) is 0 Å². The number of benzene rings is 1. The second-order valence-corrected chi connectivity index (χ2v) is 3.75. The highest BCUT2D eigenvalue weighted by Crippen LogP contribution is 2.38. The highest BCUT2D eigenvalue weighted by atomic mass is 16.6. The van der Waals surface area contributed by atoms with Gasteiger partial charge < -0.3 is 29.4 Å². The van der Waals surface area contributed by atoms with Crippen LogP contribution in [0.5, 0.6) is 17.2 Å². The molecule has 1 rings (SSSR count). The van der Waals surface area contributed by atoms with E-state index in [1.807, 2.05) is 0 Å². The molecule has 0 bridgehead atoms. The number of hydrogen-bond acceptors (Lipinski definition) is 6. The molecule has 0 aliphatic rings. The first-order valence-electron chi connectivity index (χ1n) is 5.96. The molecule has 0 radical (unpaired) electrons. The number of carbonyl (C=O) groups is 1. The highest BCUT2D eigenvalue weighted by Gasteiger charge is 2.13. The number of rotatable bonds is 7. The van der Waals surface area contributed by atoms with Crippen LogP contribution in [0.15, 0.2) is 12.1 Å². The summed E-state index contributed by atoms with van der Waals surface area (Å²) < 4.78 is 20.3. The van der Waals surface area contributed by atoms with Crippen molar-refractivity contribution in [3.63, 3.8) is 0 Å². The van der Waals surface area contributed by atoms with Crippen LogP contribution < -0.4 is 19.5 Å². The number of ether oxygens (including phenoxy) is 4. The van der Waals surface area contributed by atoms with Gasteiger partial charge in [0.25, 0.3) is 0 Å². The number of alkyl carbamates (subject to hydrolysis) is 1. The van der Waals surface area contributed by atoms with E-state index in [2.05, 4.69) is 10.1 Å². The van der Waals surface area contributed by atoms with Crippen molar-refractivity contribution in [2.45, 2.75) is 6.54 Å². The summed E-state index contributed by atoms with van der Waals surface area (Å²) in [6, 6.07) is 3.46. The molecule has 20 heavy (non-hydrogen) atoms. The van der Waals surface area contributed by atoms with Crippen molar-refractivity contribution in [3.05, 3.63) is 17.7 Å². The lowest BCUT2D eigenvalue weighted by molar-refractivity contribution is 0.119. The Hall–Kier alpha value is -2.15. The Morgan fingerprint density at radius 3 is 2.20 bits per heavy atom. The van der Waals surface area contributed by atoms with Crippen LogP contribution in [0.25, 0.3) is 0 Å². The van der Waals surface area contributed by atoms with Crippen LogP contribution in [0.3, 0.4) is 0 Å². The first-order chi connectivity index (χ1) is 9.65. The molecule has 7 heteroatoms. The highest BCUT2D eigenvalue weighted by molar-refractivity contribution is 5.67. The van der Waals surface area contributed by atoms with Crippen molar-refractivity contribution >= 4 is 6.09 Å². The SMILES string of the molecule is COc1cc(CNC(=O)OCCO)cc(OC)c1OC. The number of methoxy groups -OCH3 is 3. The van der Waals surface area contributed by atoms with Crippen LogP contribution in [0.2, 0.25) is 0 Å². The van der Waals surface area contributed by atoms with E-state index in [9.17, 15) is 4.79 Å². The zero-order valence-electron chi connectivity index (χ0n) is 11.8. The van der Waals surface area contributed by atoms with Gasteiger partial charge in [0.2, 0.25) is 5.75 Å². The Kier molecular flexibility index (Phi) is 6.45. The maximum absolute atomic E-state index is 11.3. The van der Waals surface area contributed by atoms with Crippen molar-refractivity contribution in [2.75, 3.05) is 34.5 Å². The molecular weight excluding hydrogens is 266 g/mol. The Bertz CT molecular complexity index is 423. The minimum Gasteiger partial charge on any atom is -0.493 e. The zero-order valence-corrected chi connectivity index (χ0v) is 11.8. The van der Waals surface area contributed by atoms with E-state index in [0.717, 1.165) is 5.56 Å². The quantitative estimate of drug-likeness (QED) is 0.775. The van der Waals surface area contributed by atoms with Gasteiger partial charge in [-0.3, -0.25) is 0 Å². The Balaban J connectivity index is 2.78. The molecule has 1 amide bonds. The molecule has 1 aromatic carbocycles. The first-order valence-corrected chi connectivity index (χ1v) is 5.96. The summed E-state index contributed by atoms with van der Waals surface area (Å²) in [6.45, 7) is -0.0142. The monoisotopic (exact) mass is 285 g/mol. The third kappa shape index (κ3) is 4.20. The third-order valence-electron chi connectivity index (χ3n) is 2.49. The van der Waals surface area contributed by atoms with Crippen LogP contribution >= 0.6 is 0 Å². The number of aliphatic hydroxyl groups is 1. The summed E-state index contributed by atoms with van der Waals surface area (Å²) >= 11 is 0. The number of amides is 1. The predicted molar refractivity (Wildman–Crippen MR) is 71.4 cm³/mol. The van der Waals surface area contributed by atoms with Crippen LogP contribution in [0, 0.1) is 0 Å². The van der Waals surface area contributed by atoms with Gasteiger partial charge in [0.1, 0.15) is 6.61 Å². The molecule has 0 aromatic heterocycles. The standard InChI is InChI=1S/C13H19NO6/c1-17-10-6-9(7-11(18-2)12(10)19-3)8-14-13(16)20-5-4-15/h6-7,15H,4-5,8H2,1-3H3,(H,14,16). The predicted octanol–water partition coefficient (Wildman–Crippen LogP) is 0.931. The van der Waals surface area contributed by atoms with E-state index in [-0.39, 0.29) is 19.8 Å². The van der Waals surface area contributed by atoms with E-state index in [0.29, 0.717) is 17.2 Å². The lowest BCUT2D eigenvalue weighted by Crippen LogP contribution is -2.24. The van der Waals surface area contributed by atoms with Crippen LogP contribution in [-0.4, -0.2) is 45.7 Å². The van der Waals surface area contributed by atoms with Gasteiger partial charge in [-0.05, 0) is 17.7 Å². The summed E-state index contributed by atoms with van der Waals surface area (Å²) in [5.74, 6) is 1.50. The fourth-order valence-corrected chi connectivity index (χ4v) is 1.60. The molecule has 0 heterocycles. The number of hydrogen-bond donors (Lipinski definition) is 2. The molecule has 0 spiro atoms. The van der Waals surface area contributed by atoms with Crippen molar-refractivity contribution in [2.24, 2.45) is 0 Å². The molecule has 0 atom stereocenters. The van der Waals surface area contributed by atoms with E-state index in [1.54, 1.807) is 12.1 Å². The molecule has 0 saturated carbocycles. The van der Waals surface area contributed by atoms with Crippen molar-refractivity contribution in [1.82, 2.24) is 5.32 Å². The van der Waals surface area contributed by atoms with Crippen LogP contribution in [0.1, 0.15) is 5.56 Å². The lowest BCUT2D eigenvalue weighted by atomic mass is 10.2. The minimum absolute atomic E-state index is 0.0406. The molecule has 0 saturated heterocycles. The maximum atomic E-state index is 11.3. The Morgan fingerprint density at radius 1 is 1.15 bits per heavy atom. The number of aliphatic hydroxyl groups excluding tert-OH is 1. The molecule has 0 unspecified atom stereocenters. The van der Waals surface area contributed by atoms with Crippen molar-refractivity contribution in [3.8, 4) is 17.2 Å². The van der Waals surface area contributed by atoms with E-state index in [1.165, 1.54) is 21.3 Å². The summed E-state index contributed by atoms with van der Waals surface area (Å²) in [6.07, 6.45) is -0.604. The molecule has 0 aliphatic heterocycles. The average Bonchev–Trinajstić information content (AvgIpc) is 2.49. The molecule has 2 N–H and O–H groups in total. The largest absolute Gasteiger partial charge is 0.493 e. The average molecular weight is 285 g/mol. The second kappa shape index (κ2) is 8.11. The first kappa shape index (κ1) is 15.9. The second-order valence-electron chi connectivity index (χ2n) is 3.75. The van der Waals surface area contributed by atoms with Gasteiger partial charge in [0.05, 0.1) is 27.9 Å². The van der Waals surface area contributed by atoms with Gasteiger partial charge in [-0.1, -0.05) is 0 Å². The zero-order chi connectivity index (χ0) is 15.0. The van der Waals surface area contributed by atoms with E-state index < -0.39 is 6.09 Å². The van der Waals surface area contributed by atoms with Gasteiger partial charge in [-0.2, -0.15) is 0 Å². The van der Waals surface area contributed by atoms with E-state index in [4.69, 9.17) is 19.3 Å². The molecular formula is C13H19NO6. The molecule has 0 fully saturated rings. The maximum Gasteiger partial charge on any atom is 0.407 e. The fourth-order valence-electron chi connectivity index (χ4n) is 1.60. The molecule has 1 aromatic rings. The smallest absolute Gasteiger partial charge is 0.407 e. The van der Waals surface area contributed by atoms with Gasteiger partial charge in [0, 0.05) is 6.54 Å². The fraction of sp³-hybridized carbons (Fsp3) is 0.462. The number of carbonyl (C=O) groups excluding carboxylic acids is 1. The molecule has 112 valence electrons. The summed E-state index contributed by atoms with van der Waals surface area (Å²) in [7, 11) is 4.55. The van der Waals surface area contributed by atoms with Crippen LogP contribution in [-0.2, 0) is 11.3 Å². The Morgan fingerprint density at radius 2 is 1.75 bits per heavy atom. The van der Waals surface area contributed by atoms with Crippen LogP contribution in [0.4, 0.5) is 4.79 Å². The summed E-state index contributed by atoms with van der Waals surface area (Å²) in [4.78, 5) is 11.3. The van der Waals surface area contributed by atoms with Gasteiger partial charge in [-0.15, -0.1) is 0 Å². The van der Waals surface area contributed by atoms with Gasteiger partial charge >= 0.3 is 6.09 Å². The van der Waals surface area contributed by atoms with Gasteiger partial charge in [0.15, 0.2) is 11.5 Å². The van der Waals surface area contributed by atoms with Crippen molar-refractivity contribution < 1.29 is 28.8 Å². The van der Waals surface area contributed by atoms with Gasteiger partial charge in [-0.25, -0.2) is 4.79 Å². The molecule has 7 nitrogen and oxygen atoms in total. The minimum atomic E-state index is -0.604. The third-order valence-corrected chi connectivity index (χ3v) is 2.49. The Labute approximate surface area is 117 Å². The topological polar surface area (TPSA) is 86.3 Å². The summed E-state index contributed by atoms with van der Waals surface area (Å²) in [5, 5.41) is 11.1. The number of nitrogens with one attached hydrogen (secondary N) is 1. The van der Waals surface area contributed by atoms with E-state index >= 15 is 0 Å². The summed E-state index contributed by atoms with van der Waals surface area (Å²) in [5.41, 5.74) is 0.764. The lowest BCUT2D eigenvalue weighted by Gasteiger charge is -2.14. The molecule has 0 aliphatic carbocycles. The normalized spacial score (nSPS) is 9.80.